The van der Waals surface area contributed by atoms with Crippen molar-refractivity contribution in [3.05, 3.63) is 74.8 Å². The van der Waals surface area contributed by atoms with E-state index in [0.717, 1.165) is 49.1 Å². The molecular formula is C26H27NO4S. The number of esters is 1. The number of ether oxygens (including phenoxy) is 1. The van der Waals surface area contributed by atoms with Crippen LogP contribution in [0.25, 0.3) is 0 Å². The first-order valence-electron chi connectivity index (χ1n) is 11.3. The number of nitrogens with one attached hydrogen (secondary N) is 1. The number of ketones is 1. The van der Waals surface area contributed by atoms with Crippen LogP contribution in [0.2, 0.25) is 0 Å². The van der Waals surface area contributed by atoms with Gasteiger partial charge >= 0.3 is 5.97 Å². The third-order valence-electron chi connectivity index (χ3n) is 6.77. The highest BCUT2D eigenvalue weighted by molar-refractivity contribution is 7.10. The van der Waals surface area contributed by atoms with Crippen LogP contribution in [0.5, 0.6) is 5.75 Å². The van der Waals surface area contributed by atoms with E-state index in [4.69, 9.17) is 4.74 Å². The first-order valence-corrected chi connectivity index (χ1v) is 12.2. The van der Waals surface area contributed by atoms with E-state index in [1.54, 1.807) is 29.5 Å². The van der Waals surface area contributed by atoms with Gasteiger partial charge in [0, 0.05) is 40.1 Å². The molecule has 1 fully saturated rings. The molecular weight excluding hydrogens is 422 g/mol. The number of phenolic OH excluding ortho intramolecular Hbond substituents is 1. The number of benzene rings is 1. The Morgan fingerprint density at radius 3 is 2.69 bits per heavy atom. The van der Waals surface area contributed by atoms with Crippen LogP contribution in [0.3, 0.4) is 0 Å². The average Bonchev–Trinajstić information content (AvgIpc) is 3.47. The molecule has 2 heterocycles. The molecule has 166 valence electrons. The van der Waals surface area contributed by atoms with Crippen LogP contribution < -0.4 is 5.32 Å². The Kier molecular flexibility index (Phi) is 5.64. The molecule has 0 unspecified atom stereocenters. The highest BCUT2D eigenvalue weighted by Gasteiger charge is 2.42. The predicted octanol–water partition coefficient (Wildman–Crippen LogP) is 5.30. The number of carbonyl (C=O) groups is 2. The third-order valence-corrected chi connectivity index (χ3v) is 7.81. The summed E-state index contributed by atoms with van der Waals surface area (Å²) in [6.45, 7) is 1.88. The largest absolute Gasteiger partial charge is 0.508 e. The molecule has 1 aliphatic heterocycles. The minimum Gasteiger partial charge on any atom is -0.508 e. The van der Waals surface area contributed by atoms with Crippen LogP contribution in [0.15, 0.2) is 64.3 Å². The van der Waals surface area contributed by atoms with E-state index in [2.05, 4.69) is 11.4 Å². The maximum atomic E-state index is 13.5. The molecule has 2 aliphatic carbocycles. The van der Waals surface area contributed by atoms with Gasteiger partial charge in [0.2, 0.25) is 0 Å². The molecule has 1 saturated carbocycles. The Balaban J connectivity index is 1.55. The van der Waals surface area contributed by atoms with Crippen molar-refractivity contribution in [1.29, 1.82) is 0 Å². The van der Waals surface area contributed by atoms with Crippen LogP contribution in [0.4, 0.5) is 0 Å². The van der Waals surface area contributed by atoms with Gasteiger partial charge in [-0.2, -0.15) is 0 Å². The summed E-state index contributed by atoms with van der Waals surface area (Å²) in [6, 6.07) is 11.0. The van der Waals surface area contributed by atoms with E-state index < -0.39 is 5.92 Å². The summed E-state index contributed by atoms with van der Waals surface area (Å²) in [5, 5.41) is 15.6. The average molecular weight is 450 g/mol. The topological polar surface area (TPSA) is 75.6 Å². The summed E-state index contributed by atoms with van der Waals surface area (Å²) in [5.41, 5.74) is 3.44. The van der Waals surface area contributed by atoms with Crippen molar-refractivity contribution in [2.75, 3.05) is 0 Å². The number of allylic oxidation sites excluding steroid dienone is 3. The molecule has 5 nitrogen and oxygen atoms in total. The highest BCUT2D eigenvalue weighted by Crippen LogP contribution is 2.46. The van der Waals surface area contributed by atoms with Gasteiger partial charge in [0.1, 0.15) is 11.9 Å². The molecule has 5 rings (SSSR count). The normalized spacial score (nSPS) is 23.8. The van der Waals surface area contributed by atoms with Crippen LogP contribution in [-0.2, 0) is 14.3 Å². The minimum atomic E-state index is -0.538. The van der Waals surface area contributed by atoms with Gasteiger partial charge in [-0.25, -0.2) is 4.79 Å². The van der Waals surface area contributed by atoms with E-state index in [-0.39, 0.29) is 29.5 Å². The van der Waals surface area contributed by atoms with Gasteiger partial charge in [0.15, 0.2) is 5.78 Å². The van der Waals surface area contributed by atoms with Gasteiger partial charge in [-0.1, -0.05) is 18.2 Å². The second-order valence-electron chi connectivity index (χ2n) is 8.94. The Morgan fingerprint density at radius 2 is 1.97 bits per heavy atom. The molecule has 0 amide bonds. The first kappa shape index (κ1) is 21.0. The van der Waals surface area contributed by atoms with Gasteiger partial charge in [-0.15, -0.1) is 11.3 Å². The van der Waals surface area contributed by atoms with Crippen LogP contribution in [0, 0.1) is 0 Å². The zero-order valence-electron chi connectivity index (χ0n) is 18.1. The molecule has 2 aromatic rings. The van der Waals surface area contributed by atoms with E-state index in [1.807, 2.05) is 24.4 Å². The molecule has 0 spiro atoms. The molecule has 1 aromatic heterocycles. The molecule has 6 heteroatoms. The van der Waals surface area contributed by atoms with Crippen molar-refractivity contribution in [1.82, 2.24) is 5.32 Å². The van der Waals surface area contributed by atoms with Gasteiger partial charge < -0.3 is 15.2 Å². The van der Waals surface area contributed by atoms with Gasteiger partial charge in [0.25, 0.3) is 0 Å². The van der Waals surface area contributed by atoms with Gasteiger partial charge in [0.05, 0.1) is 5.57 Å². The number of dihydropyridines is 1. The minimum absolute atomic E-state index is 0.0455. The van der Waals surface area contributed by atoms with Crippen LogP contribution in [-0.4, -0.2) is 23.0 Å². The fourth-order valence-electron chi connectivity index (χ4n) is 5.29. The smallest absolute Gasteiger partial charge is 0.337 e. The predicted molar refractivity (Wildman–Crippen MR) is 123 cm³/mol. The lowest BCUT2D eigenvalue weighted by atomic mass is 9.72. The quantitative estimate of drug-likeness (QED) is 0.620. The number of hydrogen-bond donors (Lipinski definition) is 2. The number of hydrogen-bond acceptors (Lipinski definition) is 6. The lowest BCUT2D eigenvalue weighted by Crippen LogP contribution is -2.36. The summed E-state index contributed by atoms with van der Waals surface area (Å²) in [4.78, 5) is 28.0. The van der Waals surface area contributed by atoms with E-state index in [1.165, 1.54) is 4.88 Å². The molecule has 1 aromatic carbocycles. The fourth-order valence-corrected chi connectivity index (χ4v) is 6.12. The summed E-state index contributed by atoms with van der Waals surface area (Å²) in [5.74, 6) is -0.606. The number of Topliss-reactive ketones (excluding diaryl/α,β-unsaturated/α-hetero) is 1. The molecule has 0 saturated heterocycles. The standard InChI is InChI=1S/C26H27NO4S/c1-15-23(26(30)31-19-8-2-3-9-19)24(16-6-4-7-18(28)12-16)25-20(27-15)13-17(14-21(25)29)22-10-5-11-32-22/h4-7,10-12,17,19,24,27-28H,2-3,8-9,13-14H2,1H3/t17-,24+/m1/s1. The molecule has 32 heavy (non-hydrogen) atoms. The SMILES string of the molecule is CC1=C(C(=O)OC2CCCC2)[C@H](c2cccc(O)c2)C2=C(C[C@@H](c3cccs3)CC2=O)N1. The van der Waals surface area contributed by atoms with Crippen molar-refractivity contribution < 1.29 is 19.4 Å². The Labute approximate surface area is 191 Å². The number of phenols is 1. The summed E-state index contributed by atoms with van der Waals surface area (Å²) < 4.78 is 5.87. The summed E-state index contributed by atoms with van der Waals surface area (Å²) in [7, 11) is 0. The Hall–Kier alpha value is -2.86. The Morgan fingerprint density at radius 1 is 1.16 bits per heavy atom. The number of thiophene rings is 1. The number of aromatic hydroxyl groups is 1. The summed E-state index contributed by atoms with van der Waals surface area (Å²) in [6.07, 6.45) is 4.99. The van der Waals surface area contributed by atoms with Crippen molar-refractivity contribution >= 4 is 23.1 Å². The molecule has 0 bridgehead atoms. The van der Waals surface area contributed by atoms with Crippen LogP contribution in [0.1, 0.15) is 67.7 Å². The lowest BCUT2D eigenvalue weighted by Gasteiger charge is -2.36. The van der Waals surface area contributed by atoms with Crippen molar-refractivity contribution in [3.63, 3.8) is 0 Å². The maximum absolute atomic E-state index is 13.5. The van der Waals surface area contributed by atoms with E-state index >= 15 is 0 Å². The molecule has 2 N–H and O–H groups in total. The first-order chi connectivity index (χ1) is 15.5. The zero-order chi connectivity index (χ0) is 22.2. The fraction of sp³-hybridized carbons (Fsp3) is 0.385. The summed E-state index contributed by atoms with van der Waals surface area (Å²) >= 11 is 1.67. The highest BCUT2D eigenvalue weighted by atomic mass is 32.1. The second-order valence-corrected chi connectivity index (χ2v) is 9.92. The van der Waals surface area contributed by atoms with Gasteiger partial charge in [-0.05, 0) is 68.2 Å². The Bertz CT molecular complexity index is 1110. The zero-order valence-corrected chi connectivity index (χ0v) is 18.9. The van der Waals surface area contributed by atoms with Gasteiger partial charge in [-0.3, -0.25) is 4.79 Å². The molecule has 0 radical (unpaired) electrons. The van der Waals surface area contributed by atoms with Crippen molar-refractivity contribution in [2.45, 2.75) is 63.4 Å². The van der Waals surface area contributed by atoms with Crippen molar-refractivity contribution in [2.24, 2.45) is 0 Å². The van der Waals surface area contributed by atoms with E-state index in [0.29, 0.717) is 17.6 Å². The maximum Gasteiger partial charge on any atom is 0.337 e. The lowest BCUT2D eigenvalue weighted by molar-refractivity contribution is -0.144. The van der Waals surface area contributed by atoms with Crippen LogP contribution >= 0.6 is 11.3 Å². The number of carbonyl (C=O) groups excluding carboxylic acids is 2. The van der Waals surface area contributed by atoms with Crippen molar-refractivity contribution in [3.8, 4) is 5.75 Å². The molecule has 2 atom stereocenters. The molecule has 3 aliphatic rings. The third kappa shape index (κ3) is 3.88. The monoisotopic (exact) mass is 449 g/mol. The second kappa shape index (κ2) is 8.58. The number of rotatable bonds is 4. The van der Waals surface area contributed by atoms with E-state index in [9.17, 15) is 14.7 Å².